The number of aliphatic hydroxyl groups is 1. The van der Waals surface area contributed by atoms with E-state index >= 15 is 0 Å². The zero-order chi connectivity index (χ0) is 15.5. The van der Waals surface area contributed by atoms with Gasteiger partial charge in [-0.25, -0.2) is 0 Å². The SMILES string of the molecule is CC(O)c1cc2n(n1)CCCN(Cc1ccccc1C#N)C2. The Kier molecular flexibility index (Phi) is 4.23. The highest BCUT2D eigenvalue weighted by atomic mass is 16.3. The molecule has 0 radical (unpaired) electrons. The summed E-state index contributed by atoms with van der Waals surface area (Å²) in [5, 5.41) is 23.4. The molecule has 0 saturated carbocycles. The van der Waals surface area contributed by atoms with E-state index in [0.717, 1.165) is 55.1 Å². The summed E-state index contributed by atoms with van der Waals surface area (Å²) < 4.78 is 2.00. The largest absolute Gasteiger partial charge is 0.387 e. The summed E-state index contributed by atoms with van der Waals surface area (Å²) >= 11 is 0. The van der Waals surface area contributed by atoms with Crippen molar-refractivity contribution >= 4 is 0 Å². The van der Waals surface area contributed by atoms with Gasteiger partial charge in [0.25, 0.3) is 0 Å². The third kappa shape index (κ3) is 3.03. The van der Waals surface area contributed by atoms with E-state index < -0.39 is 6.10 Å². The number of aliphatic hydroxyl groups excluding tert-OH is 1. The first-order valence-electron chi connectivity index (χ1n) is 7.62. The first kappa shape index (κ1) is 14.8. The second-order valence-electron chi connectivity index (χ2n) is 5.79. The van der Waals surface area contributed by atoms with Crippen LogP contribution in [0, 0.1) is 11.3 Å². The lowest BCUT2D eigenvalue weighted by Crippen LogP contribution is -2.23. The smallest absolute Gasteiger partial charge is 0.0995 e. The van der Waals surface area contributed by atoms with Crippen molar-refractivity contribution in [2.24, 2.45) is 0 Å². The molecule has 22 heavy (non-hydrogen) atoms. The Balaban J connectivity index is 1.79. The van der Waals surface area contributed by atoms with Gasteiger partial charge in [0.2, 0.25) is 0 Å². The summed E-state index contributed by atoms with van der Waals surface area (Å²) in [6.45, 7) is 5.15. The summed E-state index contributed by atoms with van der Waals surface area (Å²) in [5.41, 5.74) is 3.66. The predicted octanol–water partition coefficient (Wildman–Crippen LogP) is 2.21. The maximum atomic E-state index is 9.69. The third-order valence-corrected chi connectivity index (χ3v) is 4.07. The Hall–Kier alpha value is -2.16. The van der Waals surface area contributed by atoms with E-state index in [2.05, 4.69) is 16.1 Å². The van der Waals surface area contributed by atoms with E-state index in [1.807, 2.05) is 35.0 Å². The number of hydrogen-bond donors (Lipinski definition) is 1. The van der Waals surface area contributed by atoms with Gasteiger partial charge in [0.15, 0.2) is 0 Å². The predicted molar refractivity (Wildman–Crippen MR) is 82.7 cm³/mol. The number of benzene rings is 1. The Morgan fingerprint density at radius 3 is 2.95 bits per heavy atom. The molecule has 1 aliphatic rings. The molecule has 0 aliphatic carbocycles. The van der Waals surface area contributed by atoms with Crippen molar-refractivity contribution in [3.05, 3.63) is 52.8 Å². The minimum Gasteiger partial charge on any atom is -0.387 e. The van der Waals surface area contributed by atoms with Crippen molar-refractivity contribution in [2.45, 2.75) is 39.1 Å². The number of rotatable bonds is 3. The summed E-state index contributed by atoms with van der Waals surface area (Å²) in [6, 6.07) is 12.0. The van der Waals surface area contributed by atoms with E-state index in [9.17, 15) is 10.4 Å². The van der Waals surface area contributed by atoms with E-state index in [0.29, 0.717) is 0 Å². The summed E-state index contributed by atoms with van der Waals surface area (Å²) in [5.74, 6) is 0. The second-order valence-corrected chi connectivity index (χ2v) is 5.79. The molecular weight excluding hydrogens is 276 g/mol. The lowest BCUT2D eigenvalue weighted by atomic mass is 10.1. The van der Waals surface area contributed by atoms with Crippen LogP contribution in [-0.4, -0.2) is 26.3 Å². The number of fused-ring (bicyclic) bond motifs is 1. The minimum absolute atomic E-state index is 0.535. The first-order valence-corrected chi connectivity index (χ1v) is 7.62. The minimum atomic E-state index is -0.535. The van der Waals surface area contributed by atoms with Crippen molar-refractivity contribution in [1.29, 1.82) is 5.26 Å². The highest BCUT2D eigenvalue weighted by Gasteiger charge is 2.18. The number of nitriles is 1. The molecule has 1 unspecified atom stereocenters. The monoisotopic (exact) mass is 296 g/mol. The third-order valence-electron chi connectivity index (χ3n) is 4.07. The van der Waals surface area contributed by atoms with Gasteiger partial charge >= 0.3 is 0 Å². The van der Waals surface area contributed by atoms with Gasteiger partial charge in [0.05, 0.1) is 29.1 Å². The van der Waals surface area contributed by atoms with Crippen LogP contribution in [0.25, 0.3) is 0 Å². The van der Waals surface area contributed by atoms with Crippen LogP contribution in [0.4, 0.5) is 0 Å². The molecule has 5 heteroatoms. The van der Waals surface area contributed by atoms with Crippen molar-refractivity contribution < 1.29 is 5.11 Å². The molecule has 1 aromatic heterocycles. The fourth-order valence-electron chi connectivity index (χ4n) is 2.90. The highest BCUT2D eigenvalue weighted by Crippen LogP contribution is 2.20. The van der Waals surface area contributed by atoms with Gasteiger partial charge in [-0.3, -0.25) is 9.58 Å². The molecule has 0 spiro atoms. The molecule has 114 valence electrons. The van der Waals surface area contributed by atoms with Crippen LogP contribution in [0.5, 0.6) is 0 Å². The number of hydrogen-bond acceptors (Lipinski definition) is 4. The van der Waals surface area contributed by atoms with Gasteiger partial charge in [-0.1, -0.05) is 18.2 Å². The second kappa shape index (κ2) is 6.30. The zero-order valence-corrected chi connectivity index (χ0v) is 12.7. The molecule has 0 fully saturated rings. The van der Waals surface area contributed by atoms with Crippen molar-refractivity contribution in [2.75, 3.05) is 6.54 Å². The molecule has 0 bridgehead atoms. The Morgan fingerprint density at radius 2 is 2.18 bits per heavy atom. The topological polar surface area (TPSA) is 65.1 Å². The van der Waals surface area contributed by atoms with Crippen molar-refractivity contribution in [3.8, 4) is 6.07 Å². The molecule has 1 N–H and O–H groups in total. The first-order chi connectivity index (χ1) is 10.7. The summed E-state index contributed by atoms with van der Waals surface area (Å²) in [4.78, 5) is 2.34. The van der Waals surface area contributed by atoms with E-state index in [1.54, 1.807) is 6.92 Å². The Labute approximate surface area is 130 Å². The van der Waals surface area contributed by atoms with Crippen LogP contribution in [0.15, 0.2) is 30.3 Å². The van der Waals surface area contributed by atoms with Gasteiger partial charge in [-0.2, -0.15) is 10.4 Å². The maximum Gasteiger partial charge on any atom is 0.0995 e. The summed E-state index contributed by atoms with van der Waals surface area (Å²) in [6.07, 6.45) is 0.482. The highest BCUT2D eigenvalue weighted by molar-refractivity contribution is 5.37. The molecule has 1 aromatic carbocycles. The molecular formula is C17H20N4O. The molecule has 2 aromatic rings. The van der Waals surface area contributed by atoms with E-state index in [1.165, 1.54) is 0 Å². The fraction of sp³-hybridized carbons (Fsp3) is 0.412. The van der Waals surface area contributed by atoms with Crippen molar-refractivity contribution in [3.63, 3.8) is 0 Å². The molecule has 5 nitrogen and oxygen atoms in total. The van der Waals surface area contributed by atoms with Crippen LogP contribution >= 0.6 is 0 Å². The van der Waals surface area contributed by atoms with Crippen LogP contribution in [0.1, 0.15) is 42.0 Å². The molecule has 3 rings (SSSR count). The number of aromatic nitrogens is 2. The van der Waals surface area contributed by atoms with Crippen LogP contribution in [-0.2, 0) is 19.6 Å². The number of nitrogens with zero attached hydrogens (tertiary/aromatic N) is 4. The Morgan fingerprint density at radius 1 is 1.36 bits per heavy atom. The lowest BCUT2D eigenvalue weighted by molar-refractivity contribution is 0.193. The van der Waals surface area contributed by atoms with E-state index in [-0.39, 0.29) is 0 Å². The van der Waals surface area contributed by atoms with Gasteiger partial charge in [-0.05, 0) is 31.0 Å². The Bertz CT molecular complexity index is 699. The molecule has 1 aliphatic heterocycles. The molecule has 2 heterocycles. The zero-order valence-electron chi connectivity index (χ0n) is 12.7. The normalized spacial score (nSPS) is 16.6. The summed E-state index contributed by atoms with van der Waals surface area (Å²) in [7, 11) is 0. The standard InChI is InChI=1S/C17H20N4O/c1-13(22)17-9-16-12-20(7-4-8-21(16)19-17)11-15-6-3-2-5-14(15)10-18/h2-3,5-6,9,13,22H,4,7-8,11-12H2,1H3. The van der Waals surface area contributed by atoms with Crippen LogP contribution in [0.2, 0.25) is 0 Å². The fourth-order valence-corrected chi connectivity index (χ4v) is 2.90. The van der Waals surface area contributed by atoms with Gasteiger partial charge < -0.3 is 5.11 Å². The number of aryl methyl sites for hydroxylation is 1. The van der Waals surface area contributed by atoms with Gasteiger partial charge in [-0.15, -0.1) is 0 Å². The molecule has 0 amide bonds. The molecule has 1 atom stereocenters. The van der Waals surface area contributed by atoms with Crippen LogP contribution in [0.3, 0.4) is 0 Å². The lowest BCUT2D eigenvalue weighted by Gasteiger charge is -2.20. The van der Waals surface area contributed by atoms with E-state index in [4.69, 9.17) is 0 Å². The van der Waals surface area contributed by atoms with Crippen LogP contribution < -0.4 is 0 Å². The molecule has 0 saturated heterocycles. The average Bonchev–Trinajstić information content (AvgIpc) is 2.82. The quantitative estimate of drug-likeness (QED) is 0.943. The maximum absolute atomic E-state index is 9.69. The van der Waals surface area contributed by atoms with Gasteiger partial charge in [0, 0.05) is 26.2 Å². The average molecular weight is 296 g/mol. The van der Waals surface area contributed by atoms with Gasteiger partial charge in [0.1, 0.15) is 0 Å². The van der Waals surface area contributed by atoms with Crippen molar-refractivity contribution in [1.82, 2.24) is 14.7 Å².